The van der Waals surface area contributed by atoms with E-state index in [9.17, 15) is 23.7 Å². The van der Waals surface area contributed by atoms with Crippen molar-refractivity contribution in [2.24, 2.45) is 0 Å². The Morgan fingerprint density at radius 2 is 2.19 bits per heavy atom. The summed E-state index contributed by atoms with van der Waals surface area (Å²) < 4.78 is 28.2. The van der Waals surface area contributed by atoms with E-state index in [-0.39, 0.29) is 30.1 Å². The third-order valence-corrected chi connectivity index (χ3v) is 2.50. The smallest absolute Gasteiger partial charge is 0.292 e. The Kier molecular flexibility index (Phi) is 6.47. The summed E-state index contributed by atoms with van der Waals surface area (Å²) in [4.78, 5) is 22.0. The number of ether oxygens (including phenoxy) is 1. The molecule has 0 aliphatic rings. The second-order valence-corrected chi connectivity index (χ2v) is 3.96. The maximum atomic E-state index is 11.8. The Hall–Kier alpha value is -2.29. The third-order valence-electron chi connectivity index (χ3n) is 2.50. The number of amides is 1. The maximum Gasteiger partial charge on any atom is 0.292 e. The van der Waals surface area contributed by atoms with E-state index >= 15 is 0 Å². The molecule has 0 aliphatic heterocycles. The summed E-state index contributed by atoms with van der Waals surface area (Å²) >= 11 is 0. The fourth-order valence-corrected chi connectivity index (χ4v) is 1.55. The molecule has 116 valence electrons. The van der Waals surface area contributed by atoms with Gasteiger partial charge in [0.25, 0.3) is 18.0 Å². The van der Waals surface area contributed by atoms with Crippen molar-refractivity contribution in [1.29, 1.82) is 0 Å². The molecule has 7 nitrogen and oxygen atoms in total. The van der Waals surface area contributed by atoms with Crippen LogP contribution in [0.15, 0.2) is 18.2 Å². The number of carbonyl (C=O) groups excluding carboxylic acids is 1. The van der Waals surface area contributed by atoms with E-state index in [4.69, 9.17) is 0 Å². The fourth-order valence-electron chi connectivity index (χ4n) is 1.55. The largest absolute Gasteiger partial charge is 0.383 e. The molecule has 0 saturated heterocycles. The number of halogens is 2. The van der Waals surface area contributed by atoms with Gasteiger partial charge in [0.1, 0.15) is 12.3 Å². The van der Waals surface area contributed by atoms with Crippen LogP contribution in [-0.4, -0.2) is 44.1 Å². The van der Waals surface area contributed by atoms with Gasteiger partial charge in [0, 0.05) is 25.2 Å². The second kappa shape index (κ2) is 8.10. The molecule has 21 heavy (non-hydrogen) atoms. The summed E-state index contributed by atoms with van der Waals surface area (Å²) in [7, 11) is 1.50. The van der Waals surface area contributed by atoms with Crippen molar-refractivity contribution in [3.05, 3.63) is 33.9 Å². The first-order chi connectivity index (χ1) is 9.95. The van der Waals surface area contributed by atoms with Gasteiger partial charge in [-0.1, -0.05) is 0 Å². The Labute approximate surface area is 119 Å². The predicted octanol–water partition coefficient (Wildman–Crippen LogP) is 1.65. The van der Waals surface area contributed by atoms with Crippen molar-refractivity contribution in [3.63, 3.8) is 0 Å². The van der Waals surface area contributed by atoms with E-state index in [0.717, 1.165) is 0 Å². The molecule has 0 spiro atoms. The Morgan fingerprint density at radius 3 is 2.76 bits per heavy atom. The number of alkyl halides is 2. The van der Waals surface area contributed by atoms with Crippen molar-refractivity contribution in [2.45, 2.75) is 6.43 Å². The molecule has 0 aromatic heterocycles. The van der Waals surface area contributed by atoms with Gasteiger partial charge in [-0.3, -0.25) is 14.9 Å². The Balaban J connectivity index is 2.56. The van der Waals surface area contributed by atoms with Crippen molar-refractivity contribution >= 4 is 17.3 Å². The summed E-state index contributed by atoms with van der Waals surface area (Å²) in [6.07, 6.45) is -2.55. The number of nitro benzene ring substituents is 1. The summed E-state index contributed by atoms with van der Waals surface area (Å²) in [6, 6.07) is 3.87. The first kappa shape index (κ1) is 16.8. The van der Waals surface area contributed by atoms with Crippen molar-refractivity contribution in [3.8, 4) is 0 Å². The molecule has 0 atom stereocenters. The highest BCUT2D eigenvalue weighted by molar-refractivity contribution is 5.95. The average molecular weight is 303 g/mol. The molecular formula is C12H15F2N3O4. The number of benzene rings is 1. The quantitative estimate of drug-likeness (QED) is 0.432. The number of nitrogens with zero attached hydrogens (tertiary/aromatic N) is 1. The summed E-state index contributed by atoms with van der Waals surface area (Å²) in [6.45, 7) is -0.656. The van der Waals surface area contributed by atoms with Gasteiger partial charge in [-0.25, -0.2) is 8.78 Å². The van der Waals surface area contributed by atoms with E-state index in [1.165, 1.54) is 25.2 Å². The minimum absolute atomic E-state index is 0.0397. The average Bonchev–Trinajstić information content (AvgIpc) is 2.45. The molecule has 0 fully saturated rings. The van der Waals surface area contributed by atoms with Crippen LogP contribution >= 0.6 is 0 Å². The molecule has 0 radical (unpaired) electrons. The fraction of sp³-hybridized carbons (Fsp3) is 0.417. The number of carbonyl (C=O) groups is 1. The SMILES string of the molecule is CNc1cc(C(=O)NCCOCC(F)F)ccc1[N+](=O)[O-]. The zero-order valence-corrected chi connectivity index (χ0v) is 11.3. The van der Waals surface area contributed by atoms with Gasteiger partial charge in [-0.15, -0.1) is 0 Å². The van der Waals surface area contributed by atoms with Crippen molar-refractivity contribution in [1.82, 2.24) is 5.32 Å². The summed E-state index contributed by atoms with van der Waals surface area (Å²) in [5.41, 5.74) is 0.287. The maximum absolute atomic E-state index is 11.8. The van der Waals surface area contributed by atoms with E-state index < -0.39 is 23.9 Å². The molecule has 0 aliphatic carbocycles. The minimum Gasteiger partial charge on any atom is -0.383 e. The predicted molar refractivity (Wildman–Crippen MR) is 71.8 cm³/mol. The topological polar surface area (TPSA) is 93.5 Å². The first-order valence-corrected chi connectivity index (χ1v) is 6.06. The standard InChI is InChI=1S/C12H15F2N3O4/c1-15-9-6-8(2-3-10(9)17(19)20)12(18)16-4-5-21-7-11(13)14/h2-3,6,11,15H,4-5,7H2,1H3,(H,16,18). The lowest BCUT2D eigenvalue weighted by Gasteiger charge is -2.08. The first-order valence-electron chi connectivity index (χ1n) is 6.06. The van der Waals surface area contributed by atoms with Crippen LogP contribution in [0, 0.1) is 10.1 Å². The van der Waals surface area contributed by atoms with Crippen LogP contribution in [0.3, 0.4) is 0 Å². The molecule has 1 rings (SSSR count). The lowest BCUT2D eigenvalue weighted by Crippen LogP contribution is -2.27. The molecule has 2 N–H and O–H groups in total. The lowest BCUT2D eigenvalue weighted by atomic mass is 10.1. The molecular weight excluding hydrogens is 288 g/mol. The Morgan fingerprint density at radius 1 is 1.48 bits per heavy atom. The van der Waals surface area contributed by atoms with Gasteiger partial charge in [-0.2, -0.15) is 0 Å². The highest BCUT2D eigenvalue weighted by atomic mass is 19.3. The van der Waals surface area contributed by atoms with Gasteiger partial charge >= 0.3 is 0 Å². The number of nitrogens with one attached hydrogen (secondary N) is 2. The summed E-state index contributed by atoms with van der Waals surface area (Å²) in [5.74, 6) is -0.470. The van der Waals surface area contributed by atoms with Crippen LogP contribution in [-0.2, 0) is 4.74 Å². The number of rotatable bonds is 8. The minimum atomic E-state index is -2.55. The third kappa shape index (κ3) is 5.30. The van der Waals surface area contributed by atoms with Crippen LogP contribution in [0.4, 0.5) is 20.2 Å². The summed E-state index contributed by atoms with van der Waals surface area (Å²) in [5, 5.41) is 15.8. The zero-order chi connectivity index (χ0) is 15.8. The highest BCUT2D eigenvalue weighted by Crippen LogP contribution is 2.24. The van der Waals surface area contributed by atoms with Crippen LogP contribution in [0.5, 0.6) is 0 Å². The van der Waals surface area contributed by atoms with Crippen molar-refractivity contribution in [2.75, 3.05) is 32.1 Å². The van der Waals surface area contributed by atoms with E-state index in [2.05, 4.69) is 15.4 Å². The van der Waals surface area contributed by atoms with E-state index in [0.29, 0.717) is 0 Å². The van der Waals surface area contributed by atoms with Crippen LogP contribution in [0.25, 0.3) is 0 Å². The Bertz CT molecular complexity index is 511. The van der Waals surface area contributed by atoms with Gasteiger partial charge in [-0.05, 0) is 12.1 Å². The van der Waals surface area contributed by atoms with E-state index in [1.807, 2.05) is 0 Å². The monoisotopic (exact) mass is 303 g/mol. The van der Waals surface area contributed by atoms with Gasteiger partial charge in [0.15, 0.2) is 0 Å². The van der Waals surface area contributed by atoms with Crippen LogP contribution < -0.4 is 10.6 Å². The molecule has 0 saturated carbocycles. The molecule has 0 unspecified atom stereocenters. The number of nitro groups is 1. The number of hydrogen-bond acceptors (Lipinski definition) is 5. The lowest BCUT2D eigenvalue weighted by molar-refractivity contribution is -0.383. The molecule has 1 aromatic carbocycles. The molecule has 0 heterocycles. The highest BCUT2D eigenvalue weighted by Gasteiger charge is 2.15. The molecule has 9 heteroatoms. The van der Waals surface area contributed by atoms with Gasteiger partial charge in [0.2, 0.25) is 0 Å². The number of anilines is 1. The van der Waals surface area contributed by atoms with Gasteiger partial charge < -0.3 is 15.4 Å². The van der Waals surface area contributed by atoms with Gasteiger partial charge in [0.05, 0.1) is 11.5 Å². The second-order valence-electron chi connectivity index (χ2n) is 3.96. The normalized spacial score (nSPS) is 10.5. The molecule has 0 bridgehead atoms. The molecule has 1 aromatic rings. The van der Waals surface area contributed by atoms with E-state index in [1.54, 1.807) is 0 Å². The molecule has 1 amide bonds. The zero-order valence-electron chi connectivity index (χ0n) is 11.3. The van der Waals surface area contributed by atoms with Crippen LogP contribution in [0.1, 0.15) is 10.4 Å². The van der Waals surface area contributed by atoms with Crippen LogP contribution in [0.2, 0.25) is 0 Å². The number of hydrogen-bond donors (Lipinski definition) is 2. The van der Waals surface area contributed by atoms with Crippen molar-refractivity contribution < 1.29 is 23.2 Å².